The minimum absolute atomic E-state index is 0.0577. The lowest BCUT2D eigenvalue weighted by atomic mass is 10.0. The summed E-state index contributed by atoms with van der Waals surface area (Å²) < 4.78 is 2.95. The summed E-state index contributed by atoms with van der Waals surface area (Å²) >= 11 is 3.52. The summed E-state index contributed by atoms with van der Waals surface area (Å²) in [5.41, 5.74) is 4.03. The number of fused-ring (bicyclic) bond motifs is 2. The SMILES string of the molecule is Cn1cc(-c2c[nH]c3ccc(Br)cc23)c2ccnc(O)c21. The van der Waals surface area contributed by atoms with E-state index in [0.29, 0.717) is 0 Å². The van der Waals surface area contributed by atoms with Crippen LogP contribution in [-0.4, -0.2) is 19.6 Å². The van der Waals surface area contributed by atoms with Gasteiger partial charge in [0, 0.05) is 57.5 Å². The Morgan fingerprint density at radius 1 is 1.19 bits per heavy atom. The van der Waals surface area contributed by atoms with Crippen molar-refractivity contribution in [1.82, 2.24) is 14.5 Å². The third-order valence-electron chi connectivity index (χ3n) is 3.80. The number of hydrogen-bond acceptors (Lipinski definition) is 2. The predicted molar refractivity (Wildman–Crippen MR) is 87.4 cm³/mol. The highest BCUT2D eigenvalue weighted by atomic mass is 79.9. The van der Waals surface area contributed by atoms with Crippen molar-refractivity contribution >= 4 is 37.7 Å². The molecule has 4 rings (SSSR count). The molecule has 0 saturated carbocycles. The molecule has 2 N–H and O–H groups in total. The lowest BCUT2D eigenvalue weighted by Crippen LogP contribution is -1.85. The Morgan fingerprint density at radius 3 is 2.90 bits per heavy atom. The Hall–Kier alpha value is -2.27. The molecule has 0 aliphatic carbocycles. The molecule has 0 aliphatic rings. The average molecular weight is 342 g/mol. The smallest absolute Gasteiger partial charge is 0.236 e. The van der Waals surface area contributed by atoms with Crippen molar-refractivity contribution in [2.75, 3.05) is 0 Å². The maximum Gasteiger partial charge on any atom is 0.236 e. The fraction of sp³-hybridized carbons (Fsp3) is 0.0625. The molecule has 3 heterocycles. The molecule has 0 saturated heterocycles. The van der Waals surface area contributed by atoms with Crippen LogP contribution in [-0.2, 0) is 7.05 Å². The second-order valence-corrected chi connectivity index (χ2v) is 5.99. The zero-order valence-electron chi connectivity index (χ0n) is 11.3. The van der Waals surface area contributed by atoms with Crippen LogP contribution in [0.25, 0.3) is 32.9 Å². The average Bonchev–Trinajstić information content (AvgIpc) is 3.00. The third-order valence-corrected chi connectivity index (χ3v) is 4.30. The topological polar surface area (TPSA) is 53.8 Å². The Morgan fingerprint density at radius 2 is 2.05 bits per heavy atom. The van der Waals surface area contributed by atoms with Gasteiger partial charge in [0.05, 0.1) is 0 Å². The van der Waals surface area contributed by atoms with Crippen LogP contribution in [0.5, 0.6) is 5.88 Å². The van der Waals surface area contributed by atoms with Gasteiger partial charge in [-0.3, -0.25) is 0 Å². The van der Waals surface area contributed by atoms with E-state index in [9.17, 15) is 5.11 Å². The van der Waals surface area contributed by atoms with Crippen LogP contribution < -0.4 is 0 Å². The zero-order chi connectivity index (χ0) is 14.6. The summed E-state index contributed by atoms with van der Waals surface area (Å²) in [6.07, 6.45) is 5.66. The summed E-state index contributed by atoms with van der Waals surface area (Å²) in [4.78, 5) is 7.25. The molecule has 5 heteroatoms. The first-order valence-corrected chi connectivity index (χ1v) is 7.34. The van der Waals surface area contributed by atoms with Gasteiger partial charge >= 0.3 is 0 Å². The van der Waals surface area contributed by atoms with Gasteiger partial charge in [0.2, 0.25) is 5.88 Å². The maximum atomic E-state index is 9.97. The van der Waals surface area contributed by atoms with Crippen LogP contribution in [0.1, 0.15) is 0 Å². The van der Waals surface area contributed by atoms with Gasteiger partial charge in [-0.15, -0.1) is 0 Å². The number of nitrogens with zero attached hydrogens (tertiary/aromatic N) is 2. The lowest BCUT2D eigenvalue weighted by Gasteiger charge is -1.99. The van der Waals surface area contributed by atoms with Crippen molar-refractivity contribution in [1.29, 1.82) is 0 Å². The van der Waals surface area contributed by atoms with E-state index >= 15 is 0 Å². The lowest BCUT2D eigenvalue weighted by molar-refractivity contribution is 0.457. The number of aromatic hydroxyl groups is 1. The maximum absolute atomic E-state index is 9.97. The van der Waals surface area contributed by atoms with Crippen molar-refractivity contribution in [3.8, 4) is 17.0 Å². The van der Waals surface area contributed by atoms with Crippen LogP contribution >= 0.6 is 15.9 Å². The second kappa shape index (κ2) is 4.36. The van der Waals surface area contributed by atoms with Crippen LogP contribution in [0, 0.1) is 0 Å². The first-order chi connectivity index (χ1) is 10.1. The van der Waals surface area contributed by atoms with Crippen molar-refractivity contribution < 1.29 is 5.11 Å². The van der Waals surface area contributed by atoms with E-state index in [1.165, 1.54) is 0 Å². The predicted octanol–water partition coefficient (Wildman–Crippen LogP) is 4.19. The molecule has 0 fully saturated rings. The first kappa shape index (κ1) is 12.5. The van der Waals surface area contributed by atoms with Gasteiger partial charge in [-0.05, 0) is 24.3 Å². The van der Waals surface area contributed by atoms with Gasteiger partial charge in [-0.2, -0.15) is 0 Å². The molecule has 104 valence electrons. The molecule has 0 radical (unpaired) electrons. The zero-order valence-corrected chi connectivity index (χ0v) is 12.8. The fourth-order valence-corrected chi connectivity index (χ4v) is 3.23. The number of benzene rings is 1. The van der Waals surface area contributed by atoms with Gasteiger partial charge in [0.25, 0.3) is 0 Å². The second-order valence-electron chi connectivity index (χ2n) is 5.08. The summed E-state index contributed by atoms with van der Waals surface area (Å²) in [5, 5.41) is 12.1. The quantitative estimate of drug-likeness (QED) is 0.545. The largest absolute Gasteiger partial charge is 0.492 e. The van der Waals surface area contributed by atoms with Gasteiger partial charge in [0.1, 0.15) is 5.52 Å². The van der Waals surface area contributed by atoms with Gasteiger partial charge < -0.3 is 14.7 Å². The van der Waals surface area contributed by atoms with Gasteiger partial charge in [0.15, 0.2) is 0 Å². The van der Waals surface area contributed by atoms with E-state index in [4.69, 9.17) is 0 Å². The number of halogens is 1. The van der Waals surface area contributed by atoms with Crippen LogP contribution in [0.2, 0.25) is 0 Å². The van der Waals surface area contributed by atoms with Gasteiger partial charge in [-0.1, -0.05) is 15.9 Å². The van der Waals surface area contributed by atoms with E-state index < -0.39 is 0 Å². The number of nitrogens with one attached hydrogen (secondary N) is 1. The van der Waals surface area contributed by atoms with E-state index in [0.717, 1.165) is 37.4 Å². The molecule has 0 amide bonds. The number of hydrogen-bond donors (Lipinski definition) is 2. The molecule has 0 atom stereocenters. The number of aromatic nitrogens is 3. The Balaban J connectivity index is 2.10. The summed E-state index contributed by atoms with van der Waals surface area (Å²) in [7, 11) is 1.91. The summed E-state index contributed by atoms with van der Waals surface area (Å²) in [5.74, 6) is 0.0577. The van der Waals surface area contributed by atoms with Crippen LogP contribution in [0.15, 0.2) is 47.3 Å². The standard InChI is InChI=1S/C16H12BrN3O/c1-20-8-13(10-4-5-18-16(21)15(10)20)12-7-19-14-3-2-9(17)6-11(12)14/h2-8,19H,1H3,(H,18,21). The minimum atomic E-state index is 0.0577. The number of aromatic amines is 1. The number of H-pyrrole nitrogens is 1. The molecule has 4 aromatic rings. The molecule has 0 unspecified atom stereocenters. The molecule has 21 heavy (non-hydrogen) atoms. The summed E-state index contributed by atoms with van der Waals surface area (Å²) in [6, 6.07) is 8.09. The van der Waals surface area contributed by atoms with E-state index in [1.807, 2.05) is 42.2 Å². The van der Waals surface area contributed by atoms with Gasteiger partial charge in [-0.25, -0.2) is 4.98 Å². The molecule has 3 aromatic heterocycles. The Kier molecular flexibility index (Phi) is 2.59. The molecule has 4 nitrogen and oxygen atoms in total. The highest BCUT2D eigenvalue weighted by Crippen LogP contribution is 2.37. The molecule has 1 aromatic carbocycles. The van der Waals surface area contributed by atoms with E-state index in [1.54, 1.807) is 6.20 Å². The molecule has 0 spiro atoms. The number of rotatable bonds is 1. The molecular weight excluding hydrogens is 330 g/mol. The molecular formula is C16H12BrN3O. The molecule has 0 aliphatic heterocycles. The minimum Gasteiger partial charge on any atom is -0.492 e. The molecule has 0 bridgehead atoms. The Bertz CT molecular complexity index is 984. The van der Waals surface area contributed by atoms with Crippen molar-refractivity contribution in [3.63, 3.8) is 0 Å². The normalized spacial score (nSPS) is 11.5. The van der Waals surface area contributed by atoms with Crippen LogP contribution in [0.4, 0.5) is 0 Å². The number of aryl methyl sites for hydroxylation is 1. The van der Waals surface area contributed by atoms with Crippen molar-refractivity contribution in [2.24, 2.45) is 7.05 Å². The highest BCUT2D eigenvalue weighted by molar-refractivity contribution is 9.10. The van der Waals surface area contributed by atoms with Crippen LogP contribution in [0.3, 0.4) is 0 Å². The number of pyridine rings is 1. The van der Waals surface area contributed by atoms with E-state index in [-0.39, 0.29) is 5.88 Å². The van der Waals surface area contributed by atoms with E-state index in [2.05, 4.69) is 32.0 Å². The monoisotopic (exact) mass is 341 g/mol. The van der Waals surface area contributed by atoms with Crippen molar-refractivity contribution in [3.05, 3.63) is 47.3 Å². The first-order valence-electron chi connectivity index (χ1n) is 6.55. The Labute approximate surface area is 129 Å². The van der Waals surface area contributed by atoms with Crippen molar-refractivity contribution in [2.45, 2.75) is 0 Å². The highest BCUT2D eigenvalue weighted by Gasteiger charge is 2.15. The third kappa shape index (κ3) is 1.77. The summed E-state index contributed by atoms with van der Waals surface area (Å²) in [6.45, 7) is 0. The fourth-order valence-electron chi connectivity index (χ4n) is 2.87.